The highest BCUT2D eigenvalue weighted by Crippen LogP contribution is 2.15. The van der Waals surface area contributed by atoms with Gasteiger partial charge in [-0.1, -0.05) is 6.07 Å². The first-order valence-electron chi connectivity index (χ1n) is 9.14. The molecule has 3 heterocycles. The van der Waals surface area contributed by atoms with Gasteiger partial charge in [0.25, 0.3) is 10.0 Å². The molecule has 0 radical (unpaired) electrons. The van der Waals surface area contributed by atoms with Crippen LogP contribution in [0, 0.1) is 6.92 Å². The van der Waals surface area contributed by atoms with E-state index in [1.54, 1.807) is 23.8 Å². The molecule has 0 aliphatic rings. The first-order chi connectivity index (χ1) is 13.8. The quantitative estimate of drug-likeness (QED) is 0.453. The molecule has 0 fully saturated rings. The summed E-state index contributed by atoms with van der Waals surface area (Å²) in [6.45, 7) is 6.22. The predicted octanol–water partition coefficient (Wildman–Crippen LogP) is 2.09. The molecule has 0 bridgehead atoms. The van der Waals surface area contributed by atoms with Gasteiger partial charge < -0.3 is 15.2 Å². The molecule has 154 valence electrons. The molecular formula is C18H24N8O2S. The summed E-state index contributed by atoms with van der Waals surface area (Å²) in [5.41, 5.74) is 0. The van der Waals surface area contributed by atoms with Crippen molar-refractivity contribution in [3.8, 4) is 0 Å². The monoisotopic (exact) mass is 416 g/mol. The normalized spacial score (nSPS) is 11.6. The molecule has 10 nitrogen and oxygen atoms in total. The van der Waals surface area contributed by atoms with E-state index < -0.39 is 10.0 Å². The van der Waals surface area contributed by atoms with Crippen molar-refractivity contribution in [3.63, 3.8) is 0 Å². The lowest BCUT2D eigenvalue weighted by Crippen LogP contribution is -2.29. The minimum atomic E-state index is -3.66. The molecule has 3 aromatic heterocycles. The Morgan fingerprint density at radius 3 is 2.55 bits per heavy atom. The van der Waals surface area contributed by atoms with Crippen LogP contribution in [0.4, 0.5) is 17.5 Å². The van der Waals surface area contributed by atoms with E-state index in [1.165, 1.54) is 12.5 Å². The molecule has 0 aliphatic heterocycles. The second kappa shape index (κ2) is 8.97. The Kier molecular flexibility index (Phi) is 6.39. The molecule has 0 aromatic carbocycles. The zero-order valence-electron chi connectivity index (χ0n) is 16.5. The third-order valence-electron chi connectivity index (χ3n) is 3.93. The van der Waals surface area contributed by atoms with Crippen molar-refractivity contribution in [2.75, 3.05) is 23.7 Å². The Hall–Kier alpha value is -3.05. The van der Waals surface area contributed by atoms with E-state index in [2.05, 4.69) is 35.3 Å². The maximum Gasteiger partial charge on any atom is 0.259 e. The van der Waals surface area contributed by atoms with Crippen LogP contribution in [0.2, 0.25) is 0 Å². The predicted molar refractivity (Wildman–Crippen MR) is 111 cm³/mol. The topological polar surface area (TPSA) is 127 Å². The zero-order valence-corrected chi connectivity index (χ0v) is 17.3. The van der Waals surface area contributed by atoms with Crippen LogP contribution in [0.5, 0.6) is 0 Å². The van der Waals surface area contributed by atoms with Gasteiger partial charge in [0.15, 0.2) is 5.03 Å². The third-order valence-corrected chi connectivity index (χ3v) is 5.28. The van der Waals surface area contributed by atoms with E-state index in [4.69, 9.17) is 0 Å². The van der Waals surface area contributed by atoms with Gasteiger partial charge in [-0.2, -0.15) is 0 Å². The number of hydrogen-bond acceptors (Lipinski definition) is 8. The minimum absolute atomic E-state index is 0.00549. The molecular weight excluding hydrogens is 392 g/mol. The van der Waals surface area contributed by atoms with Gasteiger partial charge in [-0.15, -0.1) is 0 Å². The molecule has 29 heavy (non-hydrogen) atoms. The van der Waals surface area contributed by atoms with Crippen molar-refractivity contribution in [2.24, 2.45) is 0 Å². The lowest BCUT2D eigenvalue weighted by molar-refractivity contribution is 0.577. The van der Waals surface area contributed by atoms with Gasteiger partial charge in [-0.05, 0) is 32.9 Å². The smallest absolute Gasteiger partial charge is 0.259 e. The summed E-state index contributed by atoms with van der Waals surface area (Å²) in [7, 11) is -3.66. The van der Waals surface area contributed by atoms with Crippen molar-refractivity contribution in [1.29, 1.82) is 0 Å². The average molecular weight is 417 g/mol. The van der Waals surface area contributed by atoms with Gasteiger partial charge in [0.2, 0.25) is 0 Å². The van der Waals surface area contributed by atoms with Gasteiger partial charge in [0, 0.05) is 37.6 Å². The fourth-order valence-corrected chi connectivity index (χ4v) is 3.44. The number of hydrogen-bond donors (Lipinski definition) is 3. The fourth-order valence-electron chi connectivity index (χ4n) is 2.48. The van der Waals surface area contributed by atoms with Crippen LogP contribution in [-0.2, 0) is 10.0 Å². The molecule has 11 heteroatoms. The number of aromatic nitrogens is 5. The highest BCUT2D eigenvalue weighted by atomic mass is 32.2. The fraction of sp³-hybridized carbons (Fsp3) is 0.333. The van der Waals surface area contributed by atoms with Crippen LogP contribution < -0.4 is 15.4 Å². The van der Waals surface area contributed by atoms with Gasteiger partial charge in [0.05, 0.1) is 6.33 Å². The van der Waals surface area contributed by atoms with Gasteiger partial charge in [-0.3, -0.25) is 0 Å². The van der Waals surface area contributed by atoms with Crippen LogP contribution in [0.25, 0.3) is 0 Å². The number of pyridine rings is 1. The maximum atomic E-state index is 12.3. The molecule has 0 amide bonds. The highest BCUT2D eigenvalue weighted by molar-refractivity contribution is 7.89. The molecule has 3 aromatic rings. The van der Waals surface area contributed by atoms with Crippen LogP contribution >= 0.6 is 0 Å². The summed E-state index contributed by atoms with van der Waals surface area (Å²) in [5.74, 6) is 2.43. The highest BCUT2D eigenvalue weighted by Gasteiger charge is 2.17. The molecule has 0 aliphatic carbocycles. The lowest BCUT2D eigenvalue weighted by Gasteiger charge is -2.10. The van der Waals surface area contributed by atoms with Crippen molar-refractivity contribution in [1.82, 2.24) is 29.2 Å². The van der Waals surface area contributed by atoms with Gasteiger partial charge >= 0.3 is 0 Å². The van der Waals surface area contributed by atoms with Crippen LogP contribution in [0.1, 0.15) is 25.7 Å². The van der Waals surface area contributed by atoms with E-state index in [0.29, 0.717) is 29.8 Å². The summed E-state index contributed by atoms with van der Waals surface area (Å²) in [4.78, 5) is 16.8. The van der Waals surface area contributed by atoms with Crippen molar-refractivity contribution in [2.45, 2.75) is 31.8 Å². The van der Waals surface area contributed by atoms with E-state index in [9.17, 15) is 8.42 Å². The maximum absolute atomic E-state index is 12.3. The molecule has 0 unspecified atom stereocenters. The summed E-state index contributed by atoms with van der Waals surface area (Å²) >= 11 is 0. The zero-order chi connectivity index (χ0) is 20.9. The Morgan fingerprint density at radius 1 is 1.07 bits per heavy atom. The van der Waals surface area contributed by atoms with E-state index in [0.717, 1.165) is 0 Å². The Balaban J connectivity index is 1.56. The molecule has 0 saturated carbocycles. The number of sulfonamides is 1. The summed E-state index contributed by atoms with van der Waals surface area (Å²) in [6.07, 6.45) is 4.72. The van der Waals surface area contributed by atoms with E-state index >= 15 is 0 Å². The van der Waals surface area contributed by atoms with Gasteiger partial charge in [0.1, 0.15) is 23.3 Å². The Bertz CT molecular complexity index is 1050. The number of imidazole rings is 1. The van der Waals surface area contributed by atoms with Crippen LogP contribution in [-0.4, -0.2) is 46.0 Å². The molecule has 0 saturated heterocycles. The number of anilines is 3. The summed E-state index contributed by atoms with van der Waals surface area (Å²) in [6, 6.07) is 7.42. The molecule has 3 N–H and O–H groups in total. The molecule has 0 spiro atoms. The second-order valence-electron chi connectivity index (χ2n) is 6.60. The second-order valence-corrected chi connectivity index (χ2v) is 8.32. The van der Waals surface area contributed by atoms with Crippen molar-refractivity contribution >= 4 is 27.5 Å². The summed E-state index contributed by atoms with van der Waals surface area (Å²) in [5, 5.41) is 6.21. The first-order valence-corrected chi connectivity index (χ1v) is 10.6. The van der Waals surface area contributed by atoms with Crippen LogP contribution in [0.15, 0.2) is 48.0 Å². The first kappa shape index (κ1) is 20.7. The number of nitrogens with zero attached hydrogens (tertiary/aromatic N) is 5. The standard InChI is InChI=1S/C18H24N8O2S/c1-13(2)26-11-18(21-12-26)29(27,28)22-9-8-20-16-10-17(24-14(3)23-16)25-15-6-4-5-7-19-15/h4-7,10-13,22H,8-9H2,1-3H3,(H2,19,20,23,24,25). The lowest BCUT2D eigenvalue weighted by atomic mass is 10.4. The van der Waals surface area contributed by atoms with Crippen molar-refractivity contribution in [3.05, 3.63) is 48.8 Å². The van der Waals surface area contributed by atoms with E-state index in [-0.39, 0.29) is 17.6 Å². The number of nitrogens with one attached hydrogen (secondary N) is 3. The molecule has 3 rings (SSSR count). The summed E-state index contributed by atoms with van der Waals surface area (Å²) < 4.78 is 28.9. The average Bonchev–Trinajstić information content (AvgIpc) is 3.17. The largest absolute Gasteiger partial charge is 0.369 e. The minimum Gasteiger partial charge on any atom is -0.369 e. The van der Waals surface area contributed by atoms with Crippen molar-refractivity contribution < 1.29 is 8.42 Å². The Morgan fingerprint density at radius 2 is 1.86 bits per heavy atom. The number of aryl methyl sites for hydroxylation is 1. The van der Waals surface area contributed by atoms with E-state index in [1.807, 2.05) is 32.0 Å². The van der Waals surface area contributed by atoms with Crippen LogP contribution in [0.3, 0.4) is 0 Å². The third kappa shape index (κ3) is 5.72. The SMILES string of the molecule is Cc1nc(NCCNS(=O)(=O)c2cn(C(C)C)cn2)cc(Nc2ccccn2)n1. The number of rotatable bonds is 9. The van der Waals surface area contributed by atoms with Gasteiger partial charge in [-0.25, -0.2) is 33.1 Å². The Labute approximate surface area is 169 Å². The molecule has 0 atom stereocenters.